The van der Waals surface area contributed by atoms with Gasteiger partial charge in [-0.25, -0.2) is 4.39 Å². The van der Waals surface area contributed by atoms with E-state index in [9.17, 15) is 4.39 Å². The van der Waals surface area contributed by atoms with Gasteiger partial charge in [-0.15, -0.1) is 0 Å². The number of benzene rings is 2. The molecule has 0 aliphatic carbocycles. The second-order valence-electron chi connectivity index (χ2n) is 4.61. The van der Waals surface area contributed by atoms with Crippen LogP contribution >= 0.6 is 23.2 Å². The van der Waals surface area contributed by atoms with Crippen LogP contribution in [0.4, 0.5) is 4.39 Å². The van der Waals surface area contributed by atoms with E-state index in [4.69, 9.17) is 23.2 Å². The van der Waals surface area contributed by atoms with Gasteiger partial charge in [-0.05, 0) is 54.4 Å². The molecule has 1 nitrogen and oxygen atoms in total. The minimum Gasteiger partial charge on any atom is -0.310 e. The Morgan fingerprint density at radius 2 is 1.95 bits per heavy atom. The Bertz CT molecular complexity index is 586. The fourth-order valence-electron chi connectivity index (χ4n) is 2.20. The van der Waals surface area contributed by atoms with E-state index in [-0.39, 0.29) is 11.9 Å². The monoisotopic (exact) mass is 311 g/mol. The number of halogens is 3. The molecule has 0 aliphatic rings. The van der Waals surface area contributed by atoms with E-state index in [0.717, 1.165) is 17.7 Å². The van der Waals surface area contributed by atoms with Gasteiger partial charge in [0.15, 0.2) is 0 Å². The fourth-order valence-corrected chi connectivity index (χ4v) is 2.59. The number of hydrogen-bond donors (Lipinski definition) is 1. The van der Waals surface area contributed by atoms with Crippen molar-refractivity contribution in [1.29, 1.82) is 0 Å². The third kappa shape index (κ3) is 3.95. The highest BCUT2D eigenvalue weighted by Gasteiger charge is 2.14. The molecule has 0 aromatic heterocycles. The molecule has 1 atom stereocenters. The molecule has 0 fully saturated rings. The molecule has 0 saturated carbocycles. The van der Waals surface area contributed by atoms with Crippen molar-refractivity contribution >= 4 is 23.2 Å². The molecule has 1 N–H and O–H groups in total. The Labute approximate surface area is 128 Å². The average molecular weight is 312 g/mol. The zero-order valence-electron chi connectivity index (χ0n) is 11.2. The molecule has 0 aliphatic heterocycles. The summed E-state index contributed by atoms with van der Waals surface area (Å²) in [5, 5.41) is 4.65. The van der Waals surface area contributed by atoms with Gasteiger partial charge in [0.2, 0.25) is 0 Å². The zero-order valence-corrected chi connectivity index (χ0v) is 12.7. The van der Waals surface area contributed by atoms with E-state index in [1.807, 2.05) is 31.2 Å². The molecular weight excluding hydrogens is 296 g/mol. The normalized spacial score (nSPS) is 12.4. The van der Waals surface area contributed by atoms with Gasteiger partial charge in [-0.1, -0.05) is 42.3 Å². The molecule has 2 aromatic carbocycles. The molecule has 0 radical (unpaired) electrons. The molecule has 0 bridgehead atoms. The van der Waals surface area contributed by atoms with Crippen LogP contribution in [0.15, 0.2) is 42.5 Å². The first-order valence-corrected chi connectivity index (χ1v) is 7.28. The summed E-state index contributed by atoms with van der Waals surface area (Å²) in [6.07, 6.45) is 0.616. The minimum absolute atomic E-state index is 0.0537. The summed E-state index contributed by atoms with van der Waals surface area (Å²) in [5.41, 5.74) is 1.86. The molecular formula is C16H16Cl2FN. The lowest BCUT2D eigenvalue weighted by molar-refractivity contribution is 0.547. The number of likely N-dealkylation sites (N-methyl/N-ethyl adjacent to an activating group) is 1. The average Bonchev–Trinajstić information content (AvgIpc) is 2.42. The Morgan fingerprint density at radius 1 is 1.15 bits per heavy atom. The SMILES string of the molecule is CCNC(Cc1cc(F)ccc1Cl)c1cccc(Cl)c1. The zero-order chi connectivity index (χ0) is 14.5. The van der Waals surface area contributed by atoms with Crippen molar-refractivity contribution in [1.82, 2.24) is 5.32 Å². The molecule has 1 unspecified atom stereocenters. The predicted molar refractivity (Wildman–Crippen MR) is 83.0 cm³/mol. The Kier molecular flexibility index (Phi) is 5.41. The molecule has 2 aromatic rings. The topological polar surface area (TPSA) is 12.0 Å². The van der Waals surface area contributed by atoms with Gasteiger partial charge < -0.3 is 5.32 Å². The number of rotatable bonds is 5. The number of hydrogen-bond acceptors (Lipinski definition) is 1. The van der Waals surface area contributed by atoms with Gasteiger partial charge in [0.1, 0.15) is 5.82 Å². The molecule has 0 spiro atoms. The molecule has 2 rings (SSSR count). The van der Waals surface area contributed by atoms with E-state index in [2.05, 4.69) is 5.32 Å². The fraction of sp³-hybridized carbons (Fsp3) is 0.250. The van der Waals surface area contributed by atoms with E-state index >= 15 is 0 Å². The Hall–Kier alpha value is -1.09. The van der Waals surface area contributed by atoms with Gasteiger partial charge in [0, 0.05) is 16.1 Å². The molecule has 0 amide bonds. The summed E-state index contributed by atoms with van der Waals surface area (Å²) in [4.78, 5) is 0. The summed E-state index contributed by atoms with van der Waals surface area (Å²) in [7, 11) is 0. The largest absolute Gasteiger partial charge is 0.310 e. The third-order valence-electron chi connectivity index (χ3n) is 3.13. The summed E-state index contributed by atoms with van der Waals surface area (Å²) < 4.78 is 13.3. The highest BCUT2D eigenvalue weighted by atomic mass is 35.5. The van der Waals surface area contributed by atoms with Crippen LogP contribution in [-0.2, 0) is 6.42 Å². The summed E-state index contributed by atoms with van der Waals surface area (Å²) in [5.74, 6) is -0.272. The summed E-state index contributed by atoms with van der Waals surface area (Å²) in [6, 6.07) is 12.2. The second kappa shape index (κ2) is 7.07. The number of nitrogens with one attached hydrogen (secondary N) is 1. The van der Waals surface area contributed by atoms with Crippen LogP contribution in [0, 0.1) is 5.82 Å². The van der Waals surface area contributed by atoms with Crippen LogP contribution in [0.1, 0.15) is 24.1 Å². The van der Waals surface area contributed by atoms with E-state index < -0.39 is 0 Å². The smallest absolute Gasteiger partial charge is 0.123 e. The lowest BCUT2D eigenvalue weighted by Gasteiger charge is -2.19. The van der Waals surface area contributed by atoms with Crippen LogP contribution in [0.2, 0.25) is 10.0 Å². The van der Waals surface area contributed by atoms with Crippen LogP contribution in [0.5, 0.6) is 0 Å². The first kappa shape index (κ1) is 15.3. The van der Waals surface area contributed by atoms with Crippen molar-refractivity contribution in [2.75, 3.05) is 6.54 Å². The quantitative estimate of drug-likeness (QED) is 0.817. The lowest BCUT2D eigenvalue weighted by Crippen LogP contribution is -2.23. The van der Waals surface area contributed by atoms with Crippen molar-refractivity contribution in [2.45, 2.75) is 19.4 Å². The maximum Gasteiger partial charge on any atom is 0.123 e. The van der Waals surface area contributed by atoms with E-state index in [0.29, 0.717) is 16.5 Å². The van der Waals surface area contributed by atoms with Gasteiger partial charge in [0.25, 0.3) is 0 Å². The first-order chi connectivity index (χ1) is 9.60. The van der Waals surface area contributed by atoms with Crippen molar-refractivity contribution < 1.29 is 4.39 Å². The maximum atomic E-state index is 13.3. The lowest BCUT2D eigenvalue weighted by atomic mass is 9.98. The summed E-state index contributed by atoms with van der Waals surface area (Å²) >= 11 is 12.2. The predicted octanol–water partition coefficient (Wildman–Crippen LogP) is 5.03. The third-order valence-corrected chi connectivity index (χ3v) is 3.74. The maximum absolute atomic E-state index is 13.3. The molecule has 106 valence electrons. The standard InChI is InChI=1S/C16H16Cl2FN/c1-2-20-16(11-4-3-5-13(17)8-11)10-12-9-14(19)6-7-15(12)18/h3-9,16,20H,2,10H2,1H3. The van der Waals surface area contributed by atoms with Gasteiger partial charge in [0.05, 0.1) is 0 Å². The second-order valence-corrected chi connectivity index (χ2v) is 5.45. The van der Waals surface area contributed by atoms with Crippen molar-refractivity contribution in [3.8, 4) is 0 Å². The molecule has 4 heteroatoms. The molecule has 0 heterocycles. The highest BCUT2D eigenvalue weighted by Crippen LogP contribution is 2.25. The molecule has 0 saturated heterocycles. The van der Waals surface area contributed by atoms with Crippen molar-refractivity contribution in [3.63, 3.8) is 0 Å². The van der Waals surface area contributed by atoms with Gasteiger partial charge in [-0.3, -0.25) is 0 Å². The minimum atomic E-state index is -0.272. The van der Waals surface area contributed by atoms with Crippen LogP contribution in [0.3, 0.4) is 0 Å². The summed E-state index contributed by atoms with van der Waals surface area (Å²) in [6.45, 7) is 2.84. The molecule has 20 heavy (non-hydrogen) atoms. The van der Waals surface area contributed by atoms with Crippen LogP contribution in [-0.4, -0.2) is 6.54 Å². The Morgan fingerprint density at radius 3 is 2.65 bits per heavy atom. The van der Waals surface area contributed by atoms with E-state index in [1.54, 1.807) is 6.07 Å². The van der Waals surface area contributed by atoms with Gasteiger partial charge in [-0.2, -0.15) is 0 Å². The van der Waals surface area contributed by atoms with Crippen LogP contribution in [0.25, 0.3) is 0 Å². The van der Waals surface area contributed by atoms with E-state index in [1.165, 1.54) is 12.1 Å². The highest BCUT2D eigenvalue weighted by molar-refractivity contribution is 6.31. The van der Waals surface area contributed by atoms with Crippen molar-refractivity contribution in [3.05, 3.63) is 69.5 Å². The first-order valence-electron chi connectivity index (χ1n) is 6.53. The van der Waals surface area contributed by atoms with Gasteiger partial charge >= 0.3 is 0 Å². The van der Waals surface area contributed by atoms with Crippen molar-refractivity contribution in [2.24, 2.45) is 0 Å². The Balaban J connectivity index is 2.27. The van der Waals surface area contributed by atoms with Crippen LogP contribution < -0.4 is 5.32 Å².